The van der Waals surface area contributed by atoms with Crippen LogP contribution >= 0.6 is 0 Å². The number of ether oxygens (including phenoxy) is 2. The van der Waals surface area contributed by atoms with E-state index in [9.17, 15) is 14.7 Å². The molecule has 0 fully saturated rings. The van der Waals surface area contributed by atoms with Gasteiger partial charge in [-0.3, -0.25) is 10.4 Å². The molecule has 11 nitrogen and oxygen atoms in total. The Kier molecular flexibility index (Phi) is 9.43. The van der Waals surface area contributed by atoms with Crippen LogP contribution in [0.15, 0.2) is 71.5 Å². The predicted molar refractivity (Wildman–Crippen MR) is 160 cm³/mol. The maximum absolute atomic E-state index is 13.1. The van der Waals surface area contributed by atoms with E-state index in [1.807, 2.05) is 63.2 Å². The summed E-state index contributed by atoms with van der Waals surface area (Å²) in [5.74, 6) is -0.104. The summed E-state index contributed by atoms with van der Waals surface area (Å²) in [6, 6.07) is 19.2. The minimum atomic E-state index is -1.16. The minimum Gasteiger partial charge on any atom is -0.490 e. The van der Waals surface area contributed by atoms with Crippen LogP contribution in [0.1, 0.15) is 52.6 Å². The molecule has 0 saturated heterocycles. The maximum atomic E-state index is 13.1. The molecule has 0 amide bonds. The van der Waals surface area contributed by atoms with Crippen LogP contribution in [0.5, 0.6) is 11.5 Å². The first-order valence-corrected chi connectivity index (χ1v) is 13.6. The van der Waals surface area contributed by atoms with Gasteiger partial charge in [-0.15, -0.1) is 5.10 Å². The van der Waals surface area contributed by atoms with Crippen LogP contribution < -0.4 is 20.9 Å². The molecule has 0 spiro atoms. The van der Waals surface area contributed by atoms with E-state index in [2.05, 4.69) is 10.1 Å². The summed E-state index contributed by atoms with van der Waals surface area (Å²) in [5.41, 5.74) is 7.54. The number of aromatic nitrogens is 3. The SMILES string of the molecule is CCOc1cc(C(Cc2ccc(C(=N)N)cc2)c2nn(-c3ccccc3C(=O)O)c(=O)[nH]2)ccc1OC(C)CN(C)C. The van der Waals surface area contributed by atoms with Gasteiger partial charge in [0.2, 0.25) is 0 Å². The number of nitrogens with one attached hydrogen (secondary N) is 2. The van der Waals surface area contributed by atoms with Crippen molar-refractivity contribution in [2.45, 2.75) is 32.3 Å². The van der Waals surface area contributed by atoms with E-state index in [4.69, 9.17) is 20.6 Å². The highest BCUT2D eigenvalue weighted by atomic mass is 16.5. The number of hydrogen-bond acceptors (Lipinski definition) is 7. The Morgan fingerprint density at radius 1 is 1.12 bits per heavy atom. The molecule has 2 unspecified atom stereocenters. The highest BCUT2D eigenvalue weighted by Gasteiger charge is 2.24. The molecule has 3 aromatic carbocycles. The fraction of sp³-hybridized carbons (Fsp3) is 0.290. The molecule has 11 heteroatoms. The van der Waals surface area contributed by atoms with Crippen molar-refractivity contribution < 1.29 is 19.4 Å². The third-order valence-electron chi connectivity index (χ3n) is 6.65. The molecular formula is C31H36N6O5. The third-order valence-corrected chi connectivity index (χ3v) is 6.65. The van der Waals surface area contributed by atoms with Gasteiger partial charge in [-0.05, 0) is 69.8 Å². The van der Waals surface area contributed by atoms with E-state index in [1.165, 1.54) is 6.07 Å². The highest BCUT2D eigenvalue weighted by Crippen LogP contribution is 2.35. The van der Waals surface area contributed by atoms with Gasteiger partial charge in [0.15, 0.2) is 11.5 Å². The van der Waals surface area contributed by atoms with E-state index >= 15 is 0 Å². The van der Waals surface area contributed by atoms with Crippen molar-refractivity contribution in [1.82, 2.24) is 19.7 Å². The number of carbonyl (C=O) groups is 1. The molecule has 0 aliphatic heterocycles. The smallest absolute Gasteiger partial charge is 0.348 e. The van der Waals surface area contributed by atoms with Crippen molar-refractivity contribution in [2.24, 2.45) is 5.73 Å². The normalized spacial score (nSPS) is 12.6. The Hall–Kier alpha value is -4.90. The first-order chi connectivity index (χ1) is 20.1. The largest absolute Gasteiger partial charge is 0.490 e. The maximum Gasteiger partial charge on any atom is 0.348 e. The number of benzene rings is 3. The zero-order chi connectivity index (χ0) is 30.4. The van der Waals surface area contributed by atoms with E-state index in [1.54, 1.807) is 30.3 Å². The number of amidine groups is 1. The van der Waals surface area contributed by atoms with Crippen molar-refractivity contribution >= 4 is 11.8 Å². The van der Waals surface area contributed by atoms with E-state index in [0.29, 0.717) is 35.9 Å². The lowest BCUT2D eigenvalue weighted by Crippen LogP contribution is -2.28. The zero-order valence-corrected chi connectivity index (χ0v) is 24.1. The lowest BCUT2D eigenvalue weighted by atomic mass is 9.90. The lowest BCUT2D eigenvalue weighted by Gasteiger charge is -2.22. The quantitative estimate of drug-likeness (QED) is 0.140. The summed E-state index contributed by atoms with van der Waals surface area (Å²) >= 11 is 0. The average Bonchev–Trinajstić information content (AvgIpc) is 3.33. The Bertz CT molecular complexity index is 1610. The number of aromatic amines is 1. The van der Waals surface area contributed by atoms with Gasteiger partial charge in [-0.1, -0.05) is 42.5 Å². The summed E-state index contributed by atoms with van der Waals surface area (Å²) in [7, 11) is 3.96. The molecular weight excluding hydrogens is 536 g/mol. The molecule has 4 aromatic rings. The average molecular weight is 573 g/mol. The number of nitrogens with two attached hydrogens (primary N) is 1. The molecule has 5 N–H and O–H groups in total. The van der Waals surface area contributed by atoms with Gasteiger partial charge >= 0.3 is 11.7 Å². The summed E-state index contributed by atoms with van der Waals surface area (Å²) in [4.78, 5) is 29.9. The number of aromatic carboxylic acids is 1. The Morgan fingerprint density at radius 3 is 2.48 bits per heavy atom. The van der Waals surface area contributed by atoms with Gasteiger partial charge in [-0.2, -0.15) is 4.68 Å². The van der Waals surface area contributed by atoms with Crippen LogP contribution in [0, 0.1) is 5.41 Å². The first kappa shape index (κ1) is 30.1. The second-order valence-electron chi connectivity index (χ2n) is 10.2. The van der Waals surface area contributed by atoms with Gasteiger partial charge in [0.05, 0.1) is 17.9 Å². The first-order valence-electron chi connectivity index (χ1n) is 13.6. The standard InChI is InChI=1S/C31H36N6O5/c1-5-41-27-17-22(14-15-26(27)42-19(2)18-36(3)4)24(16-20-10-12-21(13-11-20)28(32)33)29-34-31(40)37(35-29)25-9-7-6-8-23(25)30(38)39/h6-15,17,19,24H,5,16,18H2,1-4H3,(H3,32,33)(H,38,39)(H,34,35,40). The lowest BCUT2D eigenvalue weighted by molar-refractivity contribution is 0.0696. The molecule has 0 bridgehead atoms. The van der Waals surface area contributed by atoms with Crippen LogP contribution in [0.4, 0.5) is 0 Å². The third kappa shape index (κ3) is 7.05. The molecule has 0 aliphatic carbocycles. The number of likely N-dealkylation sites (N-methyl/N-ethyl adjacent to an activating group) is 1. The predicted octanol–water partition coefficient (Wildman–Crippen LogP) is 3.65. The zero-order valence-electron chi connectivity index (χ0n) is 24.1. The van der Waals surface area contributed by atoms with Crippen molar-refractivity contribution in [2.75, 3.05) is 27.2 Å². The molecule has 4 rings (SSSR count). The van der Waals surface area contributed by atoms with Crippen molar-refractivity contribution in [3.8, 4) is 17.2 Å². The van der Waals surface area contributed by atoms with Gasteiger partial charge in [0, 0.05) is 18.0 Å². The van der Waals surface area contributed by atoms with E-state index < -0.39 is 17.6 Å². The van der Waals surface area contributed by atoms with Crippen LogP contribution in [0.2, 0.25) is 0 Å². The fourth-order valence-corrected chi connectivity index (χ4v) is 4.80. The van der Waals surface area contributed by atoms with E-state index in [0.717, 1.165) is 22.4 Å². The van der Waals surface area contributed by atoms with Crippen LogP contribution in [-0.4, -0.2) is 69.9 Å². The monoisotopic (exact) mass is 572 g/mol. The van der Waals surface area contributed by atoms with Crippen LogP contribution in [0.25, 0.3) is 5.69 Å². The molecule has 42 heavy (non-hydrogen) atoms. The topological polar surface area (TPSA) is 160 Å². The molecule has 1 heterocycles. The van der Waals surface area contributed by atoms with Crippen LogP contribution in [0.3, 0.4) is 0 Å². The van der Waals surface area contributed by atoms with Gasteiger partial charge < -0.3 is 25.2 Å². The summed E-state index contributed by atoms with van der Waals surface area (Å²) in [6.07, 6.45) is 0.358. The second kappa shape index (κ2) is 13.2. The number of rotatable bonds is 13. The molecule has 2 atom stereocenters. The molecule has 0 aliphatic rings. The number of para-hydroxylation sites is 1. The Morgan fingerprint density at radius 2 is 1.83 bits per heavy atom. The summed E-state index contributed by atoms with van der Waals surface area (Å²) in [5, 5.41) is 22.0. The molecule has 1 aromatic heterocycles. The number of nitrogens with zero attached hydrogens (tertiary/aromatic N) is 3. The van der Waals surface area contributed by atoms with Gasteiger partial charge in [0.25, 0.3) is 0 Å². The van der Waals surface area contributed by atoms with Gasteiger partial charge in [0.1, 0.15) is 17.8 Å². The Labute approximate surface area is 244 Å². The summed E-state index contributed by atoms with van der Waals surface area (Å²) < 4.78 is 13.2. The molecule has 0 saturated carbocycles. The van der Waals surface area contributed by atoms with Gasteiger partial charge in [-0.25, -0.2) is 9.59 Å². The Balaban J connectivity index is 1.79. The van der Waals surface area contributed by atoms with E-state index in [-0.39, 0.29) is 23.2 Å². The highest BCUT2D eigenvalue weighted by molar-refractivity contribution is 5.94. The molecule has 0 radical (unpaired) electrons. The van der Waals surface area contributed by atoms with Crippen LogP contribution in [-0.2, 0) is 6.42 Å². The number of hydrogen-bond donors (Lipinski definition) is 4. The number of carboxylic acids is 1. The number of carboxylic acid groups (broad SMARTS) is 1. The second-order valence-corrected chi connectivity index (χ2v) is 10.2. The summed E-state index contributed by atoms with van der Waals surface area (Å²) in [6.45, 7) is 5.04. The molecule has 220 valence electrons. The van der Waals surface area contributed by atoms with Crippen molar-refractivity contribution in [3.05, 3.63) is 105 Å². The number of H-pyrrole nitrogens is 1. The minimum absolute atomic E-state index is 0.0290. The van der Waals surface area contributed by atoms with Crippen molar-refractivity contribution in [3.63, 3.8) is 0 Å². The van der Waals surface area contributed by atoms with Crippen molar-refractivity contribution in [1.29, 1.82) is 5.41 Å². The number of nitrogen functional groups attached to an aromatic ring is 1. The fourth-order valence-electron chi connectivity index (χ4n) is 4.80.